The predicted octanol–water partition coefficient (Wildman–Crippen LogP) is 3.11. The maximum absolute atomic E-state index is 5.88. The Kier molecular flexibility index (Phi) is 3.64. The lowest BCUT2D eigenvalue weighted by molar-refractivity contribution is 0.248. The first-order chi connectivity index (χ1) is 9.19. The minimum atomic E-state index is 0.454. The Morgan fingerprint density at radius 2 is 1.95 bits per heavy atom. The average molecular weight is 258 g/mol. The summed E-state index contributed by atoms with van der Waals surface area (Å²) in [6.07, 6.45) is 6.82. The molecule has 0 radical (unpaired) electrons. The van der Waals surface area contributed by atoms with E-state index in [9.17, 15) is 0 Å². The molecule has 2 bridgehead atoms. The van der Waals surface area contributed by atoms with E-state index in [4.69, 9.17) is 5.84 Å². The molecule has 0 aliphatic heterocycles. The van der Waals surface area contributed by atoms with Gasteiger partial charge in [0, 0.05) is 6.04 Å². The molecule has 0 amide bonds. The van der Waals surface area contributed by atoms with Crippen molar-refractivity contribution in [3.63, 3.8) is 0 Å². The van der Waals surface area contributed by atoms with E-state index in [1.165, 1.54) is 42.4 Å². The van der Waals surface area contributed by atoms with Gasteiger partial charge < -0.3 is 0 Å². The van der Waals surface area contributed by atoms with Crippen LogP contribution in [0.15, 0.2) is 18.2 Å². The maximum Gasteiger partial charge on any atom is 0.0282 e. The van der Waals surface area contributed by atoms with Crippen LogP contribution in [0, 0.1) is 31.6 Å². The summed E-state index contributed by atoms with van der Waals surface area (Å²) in [5.74, 6) is 8.59. The Hall–Kier alpha value is -0.860. The second kappa shape index (κ2) is 5.26. The molecule has 0 aromatic heterocycles. The normalized spacial score (nSPS) is 30.8. The number of rotatable bonds is 4. The number of hydrogen-bond donors (Lipinski definition) is 2. The van der Waals surface area contributed by atoms with Crippen molar-refractivity contribution in [1.82, 2.24) is 5.43 Å². The molecule has 3 N–H and O–H groups in total. The number of aryl methyl sites for hydroxylation is 2. The van der Waals surface area contributed by atoms with Gasteiger partial charge >= 0.3 is 0 Å². The molecule has 1 aromatic carbocycles. The lowest BCUT2D eigenvalue weighted by Crippen LogP contribution is -2.44. The van der Waals surface area contributed by atoms with E-state index in [2.05, 4.69) is 37.5 Å². The fraction of sp³-hybridized carbons (Fsp3) is 0.647. The van der Waals surface area contributed by atoms with E-state index in [-0.39, 0.29) is 0 Å². The third-order valence-corrected chi connectivity index (χ3v) is 5.59. The topological polar surface area (TPSA) is 38.0 Å². The molecule has 2 saturated carbocycles. The summed E-state index contributed by atoms with van der Waals surface area (Å²) in [6, 6.07) is 7.04. The van der Waals surface area contributed by atoms with Crippen molar-refractivity contribution in [1.29, 1.82) is 0 Å². The molecule has 2 aliphatic rings. The Labute approximate surface area is 116 Å². The largest absolute Gasteiger partial charge is 0.271 e. The molecule has 2 nitrogen and oxygen atoms in total. The second-order valence-electron chi connectivity index (χ2n) is 6.69. The molecule has 4 atom stereocenters. The van der Waals surface area contributed by atoms with Gasteiger partial charge in [-0.25, -0.2) is 0 Å². The van der Waals surface area contributed by atoms with Crippen molar-refractivity contribution in [3.05, 3.63) is 34.9 Å². The van der Waals surface area contributed by atoms with Crippen molar-refractivity contribution in [2.75, 3.05) is 0 Å². The lowest BCUT2D eigenvalue weighted by atomic mass is 9.80. The van der Waals surface area contributed by atoms with Gasteiger partial charge in [-0.15, -0.1) is 0 Å². The minimum Gasteiger partial charge on any atom is -0.271 e. The molecule has 3 rings (SSSR count). The van der Waals surface area contributed by atoms with Crippen LogP contribution in [-0.4, -0.2) is 6.04 Å². The highest BCUT2D eigenvalue weighted by Crippen LogP contribution is 2.49. The molecule has 0 saturated heterocycles. The van der Waals surface area contributed by atoms with E-state index in [0.717, 1.165) is 24.2 Å². The number of hydrazine groups is 1. The van der Waals surface area contributed by atoms with Gasteiger partial charge in [0.2, 0.25) is 0 Å². The van der Waals surface area contributed by atoms with Gasteiger partial charge in [-0.1, -0.05) is 24.6 Å². The molecule has 19 heavy (non-hydrogen) atoms. The summed E-state index contributed by atoms with van der Waals surface area (Å²) in [4.78, 5) is 0. The zero-order valence-electron chi connectivity index (χ0n) is 12.2. The van der Waals surface area contributed by atoms with Crippen molar-refractivity contribution >= 4 is 0 Å². The van der Waals surface area contributed by atoms with Crippen LogP contribution in [0.2, 0.25) is 0 Å². The maximum atomic E-state index is 5.88. The summed E-state index contributed by atoms with van der Waals surface area (Å²) in [6.45, 7) is 4.44. The van der Waals surface area contributed by atoms with E-state index < -0.39 is 0 Å². The van der Waals surface area contributed by atoms with Gasteiger partial charge in [-0.05, 0) is 74.0 Å². The van der Waals surface area contributed by atoms with Gasteiger partial charge in [0.25, 0.3) is 0 Å². The highest BCUT2D eigenvalue weighted by Gasteiger charge is 2.42. The van der Waals surface area contributed by atoms with Gasteiger partial charge in [-0.2, -0.15) is 0 Å². The first kappa shape index (κ1) is 13.1. The van der Waals surface area contributed by atoms with Crippen molar-refractivity contribution in [3.8, 4) is 0 Å². The van der Waals surface area contributed by atoms with E-state index >= 15 is 0 Å². The fourth-order valence-electron chi connectivity index (χ4n) is 4.51. The first-order valence-corrected chi connectivity index (χ1v) is 7.70. The van der Waals surface area contributed by atoms with Gasteiger partial charge in [0.1, 0.15) is 0 Å². The van der Waals surface area contributed by atoms with Gasteiger partial charge in [-0.3, -0.25) is 11.3 Å². The molecule has 0 spiro atoms. The molecular formula is C17H26N2. The number of fused-ring (bicyclic) bond motifs is 2. The van der Waals surface area contributed by atoms with Crippen LogP contribution in [0.25, 0.3) is 0 Å². The third kappa shape index (κ3) is 2.44. The zero-order valence-corrected chi connectivity index (χ0v) is 12.2. The van der Waals surface area contributed by atoms with Gasteiger partial charge in [0.05, 0.1) is 0 Å². The summed E-state index contributed by atoms with van der Waals surface area (Å²) in [7, 11) is 0. The van der Waals surface area contributed by atoms with Crippen molar-refractivity contribution < 1.29 is 0 Å². The van der Waals surface area contributed by atoms with Crippen LogP contribution < -0.4 is 11.3 Å². The SMILES string of the molecule is Cc1cccc(C)c1CC(NN)C1CC2CCC1C2. The number of nitrogens with one attached hydrogen (secondary N) is 1. The zero-order chi connectivity index (χ0) is 13.4. The third-order valence-electron chi connectivity index (χ3n) is 5.59. The number of benzene rings is 1. The Bertz CT molecular complexity index is 434. The molecular weight excluding hydrogens is 232 g/mol. The van der Waals surface area contributed by atoms with Crippen LogP contribution in [0.3, 0.4) is 0 Å². The quantitative estimate of drug-likeness (QED) is 0.643. The molecule has 1 aromatic rings. The minimum absolute atomic E-state index is 0.454. The van der Waals surface area contributed by atoms with E-state index in [1.54, 1.807) is 0 Å². The van der Waals surface area contributed by atoms with Crippen molar-refractivity contribution in [2.45, 2.75) is 52.0 Å². The standard InChI is InChI=1S/C17H26N2/c1-11-4-3-5-12(2)15(11)10-17(19-18)16-9-13-6-7-14(16)8-13/h3-5,13-14,16-17,19H,6-10,18H2,1-2H3. The Morgan fingerprint density at radius 1 is 1.21 bits per heavy atom. The smallest absolute Gasteiger partial charge is 0.0282 e. The number of nitrogens with two attached hydrogens (primary N) is 1. The van der Waals surface area contributed by atoms with Crippen LogP contribution in [0.5, 0.6) is 0 Å². The average Bonchev–Trinajstić information content (AvgIpc) is 3.01. The predicted molar refractivity (Wildman–Crippen MR) is 79.7 cm³/mol. The summed E-state index contributed by atoms with van der Waals surface area (Å²) in [5.41, 5.74) is 7.44. The van der Waals surface area contributed by atoms with Crippen LogP contribution in [-0.2, 0) is 6.42 Å². The van der Waals surface area contributed by atoms with E-state index in [1.807, 2.05) is 0 Å². The molecule has 4 unspecified atom stereocenters. The summed E-state index contributed by atoms with van der Waals surface area (Å²) >= 11 is 0. The summed E-state index contributed by atoms with van der Waals surface area (Å²) < 4.78 is 0. The summed E-state index contributed by atoms with van der Waals surface area (Å²) in [5, 5.41) is 0. The molecule has 2 fully saturated rings. The van der Waals surface area contributed by atoms with Gasteiger partial charge in [0.15, 0.2) is 0 Å². The second-order valence-corrected chi connectivity index (χ2v) is 6.69. The van der Waals surface area contributed by atoms with Crippen molar-refractivity contribution in [2.24, 2.45) is 23.6 Å². The molecule has 2 heteroatoms. The van der Waals surface area contributed by atoms with Crippen LogP contribution in [0.4, 0.5) is 0 Å². The first-order valence-electron chi connectivity index (χ1n) is 7.70. The molecule has 104 valence electrons. The highest BCUT2D eigenvalue weighted by atomic mass is 15.2. The monoisotopic (exact) mass is 258 g/mol. The fourth-order valence-corrected chi connectivity index (χ4v) is 4.51. The number of hydrogen-bond acceptors (Lipinski definition) is 2. The molecule has 2 aliphatic carbocycles. The highest BCUT2D eigenvalue weighted by molar-refractivity contribution is 5.34. The van der Waals surface area contributed by atoms with Crippen LogP contribution in [0.1, 0.15) is 42.4 Å². The van der Waals surface area contributed by atoms with Crippen LogP contribution >= 0.6 is 0 Å². The lowest BCUT2D eigenvalue weighted by Gasteiger charge is -2.31. The van der Waals surface area contributed by atoms with E-state index in [0.29, 0.717) is 6.04 Å². The Morgan fingerprint density at radius 3 is 2.47 bits per heavy atom. The Balaban J connectivity index is 1.77. The molecule has 0 heterocycles.